The van der Waals surface area contributed by atoms with Gasteiger partial charge < -0.3 is 14.8 Å². The average Bonchev–Trinajstić information content (AvgIpc) is 3.11. The van der Waals surface area contributed by atoms with Gasteiger partial charge in [-0.15, -0.1) is 0 Å². The molecule has 1 aromatic carbocycles. The van der Waals surface area contributed by atoms with Crippen molar-refractivity contribution in [3.8, 4) is 5.75 Å². The van der Waals surface area contributed by atoms with E-state index in [0.29, 0.717) is 18.8 Å². The van der Waals surface area contributed by atoms with Gasteiger partial charge in [0.15, 0.2) is 0 Å². The van der Waals surface area contributed by atoms with Gasteiger partial charge in [-0.3, -0.25) is 4.79 Å². The third-order valence-corrected chi connectivity index (χ3v) is 2.31. The second-order valence-electron chi connectivity index (χ2n) is 3.66. The molecular formula is C12H15NO3. The van der Waals surface area contributed by atoms with Crippen molar-refractivity contribution in [3.05, 3.63) is 24.3 Å². The Morgan fingerprint density at radius 1 is 1.56 bits per heavy atom. The third-order valence-electron chi connectivity index (χ3n) is 2.31. The van der Waals surface area contributed by atoms with Gasteiger partial charge in [0.25, 0.3) is 0 Å². The molecule has 16 heavy (non-hydrogen) atoms. The van der Waals surface area contributed by atoms with Gasteiger partial charge in [0.05, 0.1) is 12.3 Å². The summed E-state index contributed by atoms with van der Waals surface area (Å²) in [5, 5.41) is 2.80. The largest absolute Gasteiger partial charge is 0.489 e. The van der Waals surface area contributed by atoms with E-state index >= 15 is 0 Å². The Balaban J connectivity index is 2.00. The van der Waals surface area contributed by atoms with Crippen molar-refractivity contribution in [2.45, 2.75) is 19.4 Å². The van der Waals surface area contributed by atoms with Crippen LogP contribution in [0.4, 0.5) is 5.69 Å². The van der Waals surface area contributed by atoms with Crippen molar-refractivity contribution >= 4 is 11.6 Å². The molecule has 1 saturated heterocycles. The van der Waals surface area contributed by atoms with Crippen molar-refractivity contribution in [2.75, 3.05) is 18.5 Å². The highest BCUT2D eigenvalue weighted by atomic mass is 16.6. The summed E-state index contributed by atoms with van der Waals surface area (Å²) >= 11 is 0. The fourth-order valence-electron chi connectivity index (χ4n) is 1.28. The predicted molar refractivity (Wildman–Crippen MR) is 60.6 cm³/mol. The number of carbonyl (C=O) groups is 1. The normalized spacial score (nSPS) is 17.9. The van der Waals surface area contributed by atoms with Crippen LogP contribution in [0.5, 0.6) is 5.75 Å². The molecule has 4 nitrogen and oxygen atoms in total. The standard InChI is InChI=1S/C12H15NO3/c1-2-12(14)13-10-5-3-4-6-11(10)16-8-9-7-15-9/h3-6,9H,2,7-8H2,1H3,(H,13,14). The summed E-state index contributed by atoms with van der Waals surface area (Å²) in [6.07, 6.45) is 0.676. The van der Waals surface area contributed by atoms with Crippen LogP contribution < -0.4 is 10.1 Å². The van der Waals surface area contributed by atoms with Crippen LogP contribution in [0.1, 0.15) is 13.3 Å². The number of nitrogens with one attached hydrogen (secondary N) is 1. The Kier molecular flexibility index (Phi) is 3.41. The van der Waals surface area contributed by atoms with Gasteiger partial charge in [0.1, 0.15) is 18.5 Å². The lowest BCUT2D eigenvalue weighted by atomic mass is 10.3. The molecule has 1 aliphatic rings. The van der Waals surface area contributed by atoms with Gasteiger partial charge >= 0.3 is 0 Å². The highest BCUT2D eigenvalue weighted by Crippen LogP contribution is 2.25. The molecule has 1 N–H and O–H groups in total. The number of anilines is 1. The molecule has 86 valence electrons. The Bertz CT molecular complexity index is 374. The number of amides is 1. The molecule has 0 spiro atoms. The van der Waals surface area contributed by atoms with E-state index in [1.807, 2.05) is 31.2 Å². The van der Waals surface area contributed by atoms with Crippen molar-refractivity contribution in [2.24, 2.45) is 0 Å². The van der Waals surface area contributed by atoms with Crippen LogP contribution in [0.15, 0.2) is 24.3 Å². The number of hydrogen-bond acceptors (Lipinski definition) is 3. The second kappa shape index (κ2) is 4.99. The first-order valence-electron chi connectivity index (χ1n) is 5.43. The molecular weight excluding hydrogens is 206 g/mol. The predicted octanol–water partition coefficient (Wildman–Crippen LogP) is 1.81. The lowest BCUT2D eigenvalue weighted by molar-refractivity contribution is -0.115. The smallest absolute Gasteiger partial charge is 0.224 e. The summed E-state index contributed by atoms with van der Waals surface area (Å²) < 4.78 is 10.6. The Morgan fingerprint density at radius 2 is 2.31 bits per heavy atom. The molecule has 0 radical (unpaired) electrons. The molecule has 1 fully saturated rings. The molecule has 1 amide bonds. The number of para-hydroxylation sites is 2. The highest BCUT2D eigenvalue weighted by molar-refractivity contribution is 5.91. The minimum atomic E-state index is -0.0151. The van der Waals surface area contributed by atoms with Crippen LogP contribution in [0, 0.1) is 0 Å². The number of rotatable bonds is 5. The third kappa shape index (κ3) is 2.97. The summed E-state index contributed by atoms with van der Waals surface area (Å²) in [5.74, 6) is 0.679. The summed E-state index contributed by atoms with van der Waals surface area (Å²) in [5.41, 5.74) is 0.718. The summed E-state index contributed by atoms with van der Waals surface area (Å²) in [6.45, 7) is 3.12. The van der Waals surface area contributed by atoms with Gasteiger partial charge in [0, 0.05) is 6.42 Å². The van der Waals surface area contributed by atoms with Gasteiger partial charge in [0.2, 0.25) is 5.91 Å². The van der Waals surface area contributed by atoms with Gasteiger partial charge in [-0.2, -0.15) is 0 Å². The fourth-order valence-corrected chi connectivity index (χ4v) is 1.28. The zero-order valence-electron chi connectivity index (χ0n) is 9.23. The zero-order chi connectivity index (χ0) is 11.4. The molecule has 1 aromatic rings. The van der Waals surface area contributed by atoms with Crippen molar-refractivity contribution in [3.63, 3.8) is 0 Å². The van der Waals surface area contributed by atoms with Crippen molar-refractivity contribution in [1.82, 2.24) is 0 Å². The number of benzene rings is 1. The molecule has 0 bridgehead atoms. The SMILES string of the molecule is CCC(=O)Nc1ccccc1OCC1CO1. The molecule has 1 heterocycles. The number of ether oxygens (including phenoxy) is 2. The van der Waals surface area contributed by atoms with Crippen LogP contribution in [0.25, 0.3) is 0 Å². The Labute approximate surface area is 94.6 Å². The number of hydrogen-bond donors (Lipinski definition) is 1. The van der Waals surface area contributed by atoms with Gasteiger partial charge in [-0.05, 0) is 12.1 Å². The van der Waals surface area contributed by atoms with E-state index in [4.69, 9.17) is 9.47 Å². The Morgan fingerprint density at radius 3 is 3.00 bits per heavy atom. The van der Waals surface area contributed by atoms with Crippen molar-refractivity contribution in [1.29, 1.82) is 0 Å². The average molecular weight is 221 g/mol. The zero-order valence-corrected chi connectivity index (χ0v) is 9.23. The quantitative estimate of drug-likeness (QED) is 0.771. The lowest BCUT2D eigenvalue weighted by Crippen LogP contribution is -2.12. The monoisotopic (exact) mass is 221 g/mol. The first kappa shape index (κ1) is 11.0. The maximum absolute atomic E-state index is 11.3. The van der Waals surface area contributed by atoms with E-state index in [2.05, 4.69) is 5.32 Å². The number of carbonyl (C=O) groups excluding carboxylic acids is 1. The molecule has 0 saturated carbocycles. The summed E-state index contributed by atoms with van der Waals surface area (Å²) in [6, 6.07) is 7.42. The van der Waals surface area contributed by atoms with Gasteiger partial charge in [-0.1, -0.05) is 19.1 Å². The first-order valence-corrected chi connectivity index (χ1v) is 5.43. The molecule has 2 rings (SSSR count). The van der Waals surface area contributed by atoms with E-state index in [0.717, 1.165) is 12.3 Å². The van der Waals surface area contributed by atoms with Crippen LogP contribution in [0.2, 0.25) is 0 Å². The second-order valence-corrected chi connectivity index (χ2v) is 3.66. The van der Waals surface area contributed by atoms with Crippen molar-refractivity contribution < 1.29 is 14.3 Å². The van der Waals surface area contributed by atoms with E-state index in [1.54, 1.807) is 0 Å². The Hall–Kier alpha value is -1.55. The van der Waals surface area contributed by atoms with E-state index in [1.165, 1.54) is 0 Å². The maximum Gasteiger partial charge on any atom is 0.224 e. The van der Waals surface area contributed by atoms with Crippen LogP contribution in [-0.2, 0) is 9.53 Å². The van der Waals surface area contributed by atoms with Crippen LogP contribution in [-0.4, -0.2) is 25.2 Å². The molecule has 1 unspecified atom stereocenters. The molecule has 1 atom stereocenters. The summed E-state index contributed by atoms with van der Waals surface area (Å²) in [4.78, 5) is 11.3. The lowest BCUT2D eigenvalue weighted by Gasteiger charge is -2.10. The number of epoxide rings is 1. The molecule has 1 aliphatic heterocycles. The minimum absolute atomic E-state index is 0.0151. The minimum Gasteiger partial charge on any atom is -0.489 e. The maximum atomic E-state index is 11.3. The molecule has 4 heteroatoms. The van der Waals surface area contributed by atoms with E-state index in [-0.39, 0.29) is 12.0 Å². The van der Waals surface area contributed by atoms with Crippen LogP contribution >= 0.6 is 0 Å². The van der Waals surface area contributed by atoms with Crippen LogP contribution in [0.3, 0.4) is 0 Å². The summed E-state index contributed by atoms with van der Waals surface area (Å²) in [7, 11) is 0. The molecule has 0 aliphatic carbocycles. The van der Waals surface area contributed by atoms with E-state index < -0.39 is 0 Å². The molecule has 0 aromatic heterocycles. The highest BCUT2D eigenvalue weighted by Gasteiger charge is 2.23. The van der Waals surface area contributed by atoms with Gasteiger partial charge in [-0.25, -0.2) is 0 Å². The topological polar surface area (TPSA) is 50.9 Å². The fraction of sp³-hybridized carbons (Fsp3) is 0.417. The first-order chi connectivity index (χ1) is 7.79. The van der Waals surface area contributed by atoms with E-state index in [9.17, 15) is 4.79 Å².